The second kappa shape index (κ2) is 7.45. The van der Waals surface area contributed by atoms with Crippen molar-refractivity contribution in [3.05, 3.63) is 42.7 Å². The van der Waals surface area contributed by atoms with Crippen LogP contribution < -0.4 is 4.72 Å². The van der Waals surface area contributed by atoms with Gasteiger partial charge in [-0.25, -0.2) is 21.6 Å². The molecular weight excluding hydrogens is 350 g/mol. The zero-order valence-corrected chi connectivity index (χ0v) is 15.2. The van der Waals surface area contributed by atoms with Crippen LogP contribution in [0.5, 0.6) is 0 Å². The van der Waals surface area contributed by atoms with Crippen LogP contribution in [0.15, 0.2) is 52.5 Å². The second-order valence-corrected chi connectivity index (χ2v) is 9.61. The SMILES string of the molecule is CCS(=O)(=O)c1ccc(S(=O)(=O)NCC(C)Cn2cccn2)cc1. The van der Waals surface area contributed by atoms with E-state index in [2.05, 4.69) is 9.82 Å². The van der Waals surface area contributed by atoms with Crippen LogP contribution in [0.25, 0.3) is 0 Å². The minimum absolute atomic E-state index is 0.0255. The summed E-state index contributed by atoms with van der Waals surface area (Å²) in [6.45, 7) is 4.32. The van der Waals surface area contributed by atoms with Gasteiger partial charge in [0.05, 0.1) is 15.5 Å². The fraction of sp³-hybridized carbons (Fsp3) is 0.400. The van der Waals surface area contributed by atoms with Gasteiger partial charge >= 0.3 is 0 Å². The second-order valence-electron chi connectivity index (χ2n) is 5.56. The van der Waals surface area contributed by atoms with E-state index in [4.69, 9.17) is 0 Å². The Balaban J connectivity index is 2.02. The molecule has 1 atom stereocenters. The summed E-state index contributed by atoms with van der Waals surface area (Å²) in [7, 11) is -7.02. The predicted molar refractivity (Wildman–Crippen MR) is 90.7 cm³/mol. The highest BCUT2D eigenvalue weighted by Gasteiger charge is 2.17. The molecular formula is C15H21N3O4S2. The van der Waals surface area contributed by atoms with Crippen LogP contribution in [0.1, 0.15) is 13.8 Å². The van der Waals surface area contributed by atoms with Gasteiger partial charge in [-0.1, -0.05) is 13.8 Å². The lowest BCUT2D eigenvalue weighted by Gasteiger charge is -2.13. The Kier molecular flexibility index (Phi) is 5.79. The Morgan fingerprint density at radius 2 is 1.75 bits per heavy atom. The standard InChI is InChI=1S/C15H21N3O4S2/c1-3-23(19,20)14-5-7-15(8-6-14)24(21,22)17-11-13(2)12-18-10-4-9-16-18/h4-10,13,17H,3,11-12H2,1-2H3. The monoisotopic (exact) mass is 371 g/mol. The Labute approximate surface area is 142 Å². The van der Waals surface area contributed by atoms with Gasteiger partial charge in [-0.2, -0.15) is 5.10 Å². The number of hydrogen-bond donors (Lipinski definition) is 1. The van der Waals surface area contributed by atoms with Crippen LogP contribution in [-0.4, -0.2) is 38.9 Å². The van der Waals surface area contributed by atoms with Crippen molar-refractivity contribution in [3.8, 4) is 0 Å². The Hall–Kier alpha value is -1.71. The van der Waals surface area contributed by atoms with E-state index < -0.39 is 19.9 Å². The first-order chi connectivity index (χ1) is 11.2. The summed E-state index contributed by atoms with van der Waals surface area (Å²) >= 11 is 0. The quantitative estimate of drug-likeness (QED) is 0.754. The van der Waals surface area contributed by atoms with Gasteiger partial charge in [0.25, 0.3) is 0 Å². The van der Waals surface area contributed by atoms with E-state index >= 15 is 0 Å². The van der Waals surface area contributed by atoms with Gasteiger partial charge in [0.15, 0.2) is 9.84 Å². The summed E-state index contributed by atoms with van der Waals surface area (Å²) in [4.78, 5) is 0.167. The molecule has 1 heterocycles. The van der Waals surface area contributed by atoms with Crippen molar-refractivity contribution in [1.29, 1.82) is 0 Å². The molecule has 1 aromatic carbocycles. The molecule has 0 spiro atoms. The van der Waals surface area contributed by atoms with E-state index in [1.165, 1.54) is 24.3 Å². The van der Waals surface area contributed by atoms with Crippen LogP contribution in [0.2, 0.25) is 0 Å². The van der Waals surface area contributed by atoms with Crippen molar-refractivity contribution in [2.24, 2.45) is 5.92 Å². The van der Waals surface area contributed by atoms with Crippen molar-refractivity contribution in [3.63, 3.8) is 0 Å². The third-order valence-corrected chi connectivity index (χ3v) is 6.74. The van der Waals surface area contributed by atoms with Gasteiger partial charge in [0, 0.05) is 25.5 Å². The molecule has 132 valence electrons. The first-order valence-electron chi connectivity index (χ1n) is 7.54. The minimum atomic E-state index is -3.68. The van der Waals surface area contributed by atoms with Crippen LogP contribution in [0.4, 0.5) is 0 Å². The molecule has 0 fully saturated rings. The molecule has 24 heavy (non-hydrogen) atoms. The fourth-order valence-corrected chi connectivity index (χ4v) is 4.17. The van der Waals surface area contributed by atoms with E-state index in [-0.39, 0.29) is 28.0 Å². The normalized spacial score (nSPS) is 13.8. The topological polar surface area (TPSA) is 98.1 Å². The van der Waals surface area contributed by atoms with Crippen LogP contribution in [0, 0.1) is 5.92 Å². The largest absolute Gasteiger partial charge is 0.272 e. The van der Waals surface area contributed by atoms with E-state index in [0.29, 0.717) is 6.54 Å². The first kappa shape index (κ1) is 18.6. The highest BCUT2D eigenvalue weighted by atomic mass is 32.2. The summed E-state index contributed by atoms with van der Waals surface area (Å²) in [5.41, 5.74) is 0. The Morgan fingerprint density at radius 3 is 2.29 bits per heavy atom. The number of sulfone groups is 1. The number of rotatable bonds is 8. The molecule has 0 radical (unpaired) electrons. The third-order valence-electron chi connectivity index (χ3n) is 3.55. The molecule has 7 nitrogen and oxygen atoms in total. The molecule has 0 aliphatic carbocycles. The maximum atomic E-state index is 12.3. The van der Waals surface area contributed by atoms with Crippen molar-refractivity contribution < 1.29 is 16.8 Å². The first-order valence-corrected chi connectivity index (χ1v) is 10.7. The van der Waals surface area contributed by atoms with Gasteiger partial charge in [0.2, 0.25) is 10.0 Å². The third kappa shape index (κ3) is 4.65. The zero-order valence-electron chi connectivity index (χ0n) is 13.6. The Morgan fingerprint density at radius 1 is 1.12 bits per heavy atom. The molecule has 0 saturated carbocycles. The van der Waals surface area contributed by atoms with Crippen LogP contribution in [-0.2, 0) is 26.4 Å². The van der Waals surface area contributed by atoms with Crippen molar-refractivity contribution >= 4 is 19.9 Å². The summed E-state index contributed by atoms with van der Waals surface area (Å²) in [5, 5.41) is 4.08. The van der Waals surface area contributed by atoms with Gasteiger partial charge in [-0.3, -0.25) is 4.68 Å². The molecule has 1 unspecified atom stereocenters. The summed E-state index contributed by atoms with van der Waals surface area (Å²) < 4.78 is 52.4. The van der Waals surface area contributed by atoms with Crippen molar-refractivity contribution in [2.75, 3.05) is 12.3 Å². The lowest BCUT2D eigenvalue weighted by Crippen LogP contribution is -2.30. The van der Waals surface area contributed by atoms with E-state index in [1.54, 1.807) is 17.8 Å². The lowest BCUT2D eigenvalue weighted by molar-refractivity contribution is 0.443. The number of benzene rings is 1. The van der Waals surface area contributed by atoms with Crippen LogP contribution >= 0.6 is 0 Å². The number of hydrogen-bond acceptors (Lipinski definition) is 5. The average molecular weight is 371 g/mol. The maximum Gasteiger partial charge on any atom is 0.240 e. The lowest BCUT2D eigenvalue weighted by atomic mass is 10.2. The van der Waals surface area contributed by atoms with Gasteiger partial charge < -0.3 is 0 Å². The van der Waals surface area contributed by atoms with E-state index in [0.717, 1.165) is 0 Å². The molecule has 0 saturated heterocycles. The smallest absolute Gasteiger partial charge is 0.240 e. The summed E-state index contributed by atoms with van der Waals surface area (Å²) in [6.07, 6.45) is 3.49. The van der Waals surface area contributed by atoms with Gasteiger partial charge in [-0.05, 0) is 36.2 Å². The molecule has 1 aromatic heterocycles. The fourth-order valence-electron chi connectivity index (χ4n) is 2.12. The zero-order chi connectivity index (χ0) is 17.8. The summed E-state index contributed by atoms with van der Waals surface area (Å²) in [6, 6.07) is 7.07. The minimum Gasteiger partial charge on any atom is -0.272 e. The average Bonchev–Trinajstić information content (AvgIpc) is 3.06. The maximum absolute atomic E-state index is 12.3. The molecule has 2 aromatic rings. The highest BCUT2D eigenvalue weighted by molar-refractivity contribution is 7.91. The number of aromatic nitrogens is 2. The van der Waals surface area contributed by atoms with Gasteiger partial charge in [-0.15, -0.1) is 0 Å². The molecule has 9 heteroatoms. The molecule has 0 amide bonds. The van der Waals surface area contributed by atoms with Crippen molar-refractivity contribution in [1.82, 2.24) is 14.5 Å². The molecule has 1 N–H and O–H groups in total. The van der Waals surface area contributed by atoms with Crippen molar-refractivity contribution in [2.45, 2.75) is 30.2 Å². The summed E-state index contributed by atoms with van der Waals surface area (Å²) in [5.74, 6) is 0.0295. The molecule has 2 rings (SSSR count). The number of nitrogens with zero attached hydrogens (tertiary/aromatic N) is 2. The molecule has 0 aliphatic rings. The van der Waals surface area contributed by atoms with Gasteiger partial charge in [0.1, 0.15) is 0 Å². The predicted octanol–water partition coefficient (Wildman–Crippen LogP) is 1.29. The number of sulfonamides is 1. The number of nitrogens with one attached hydrogen (secondary N) is 1. The molecule has 0 bridgehead atoms. The molecule has 0 aliphatic heterocycles. The van der Waals surface area contributed by atoms with Crippen LogP contribution in [0.3, 0.4) is 0 Å². The van der Waals surface area contributed by atoms with E-state index in [1.807, 2.05) is 19.2 Å². The Bertz CT molecular complexity index is 858. The highest BCUT2D eigenvalue weighted by Crippen LogP contribution is 2.15. The van der Waals surface area contributed by atoms with E-state index in [9.17, 15) is 16.8 Å².